The van der Waals surface area contributed by atoms with E-state index in [4.69, 9.17) is 9.47 Å². The fourth-order valence-corrected chi connectivity index (χ4v) is 2.27. The molecule has 0 unspecified atom stereocenters. The second kappa shape index (κ2) is 6.20. The average molecular weight is 323 g/mol. The maximum atomic E-state index is 13.5. The van der Waals surface area contributed by atoms with E-state index in [2.05, 4.69) is 5.32 Å². The van der Waals surface area contributed by atoms with Gasteiger partial charge in [-0.05, 0) is 30.2 Å². The lowest BCUT2D eigenvalue weighted by atomic mass is 10.1. The van der Waals surface area contributed by atoms with Crippen LogP contribution in [-0.2, 0) is 11.2 Å². The molecule has 1 N–H and O–H groups in total. The third kappa shape index (κ3) is 3.08. The van der Waals surface area contributed by atoms with Gasteiger partial charge in [-0.25, -0.2) is 13.2 Å². The zero-order chi connectivity index (χ0) is 16.4. The van der Waals surface area contributed by atoms with E-state index in [0.717, 1.165) is 17.7 Å². The van der Waals surface area contributed by atoms with Gasteiger partial charge in [0.05, 0.1) is 5.69 Å². The Kier molecular flexibility index (Phi) is 4.10. The molecule has 2 aromatic rings. The first-order chi connectivity index (χ1) is 11.1. The van der Waals surface area contributed by atoms with Crippen molar-refractivity contribution in [1.82, 2.24) is 0 Å². The number of hydrogen-bond donors (Lipinski definition) is 1. The monoisotopic (exact) mass is 323 g/mol. The van der Waals surface area contributed by atoms with Crippen molar-refractivity contribution in [2.24, 2.45) is 0 Å². The number of amides is 1. The number of anilines is 1. The van der Waals surface area contributed by atoms with Crippen molar-refractivity contribution < 1.29 is 27.4 Å². The minimum absolute atomic E-state index is 0.0260. The van der Waals surface area contributed by atoms with E-state index in [1.165, 1.54) is 0 Å². The highest BCUT2D eigenvalue weighted by Gasteiger charge is 2.19. The van der Waals surface area contributed by atoms with Crippen LogP contribution in [0.3, 0.4) is 0 Å². The molecule has 1 heterocycles. The first-order valence-corrected chi connectivity index (χ1v) is 6.87. The standard InChI is InChI=1S/C16H12F3NO3/c17-10-5-6-11(15(19)14(10)18)20-13(21)7-4-9-2-1-3-12-16(9)23-8-22-12/h1-3,5-6H,4,7-8H2,(H,20,21). The quantitative estimate of drug-likeness (QED) is 0.877. The number of ether oxygens (including phenoxy) is 2. The number of nitrogens with one attached hydrogen (secondary N) is 1. The van der Waals surface area contributed by atoms with E-state index < -0.39 is 29.0 Å². The summed E-state index contributed by atoms with van der Waals surface area (Å²) in [4.78, 5) is 11.9. The van der Waals surface area contributed by atoms with Crippen LogP contribution in [0.25, 0.3) is 0 Å². The third-order valence-electron chi connectivity index (χ3n) is 3.41. The SMILES string of the molecule is O=C(CCc1cccc2c1OCO2)Nc1ccc(F)c(F)c1F. The number of hydrogen-bond acceptors (Lipinski definition) is 3. The molecule has 3 rings (SSSR count). The summed E-state index contributed by atoms with van der Waals surface area (Å²) in [7, 11) is 0. The van der Waals surface area contributed by atoms with E-state index in [1.54, 1.807) is 18.2 Å². The number of fused-ring (bicyclic) bond motifs is 1. The van der Waals surface area contributed by atoms with Gasteiger partial charge in [0.1, 0.15) is 0 Å². The van der Waals surface area contributed by atoms with Gasteiger partial charge in [-0.2, -0.15) is 0 Å². The molecular weight excluding hydrogens is 311 g/mol. The van der Waals surface area contributed by atoms with Crippen LogP contribution in [0.4, 0.5) is 18.9 Å². The minimum Gasteiger partial charge on any atom is -0.454 e. The molecule has 0 spiro atoms. The van der Waals surface area contributed by atoms with Crippen molar-refractivity contribution in [3.8, 4) is 11.5 Å². The van der Waals surface area contributed by atoms with Gasteiger partial charge in [0.2, 0.25) is 12.7 Å². The maximum Gasteiger partial charge on any atom is 0.231 e. The Balaban J connectivity index is 1.65. The Labute approximate surface area is 129 Å². The second-order valence-electron chi connectivity index (χ2n) is 4.92. The Bertz CT molecular complexity index is 764. The molecule has 120 valence electrons. The predicted molar refractivity (Wildman–Crippen MR) is 75.8 cm³/mol. The molecule has 4 nitrogen and oxygen atoms in total. The summed E-state index contributed by atoms with van der Waals surface area (Å²) < 4.78 is 50.0. The topological polar surface area (TPSA) is 47.6 Å². The zero-order valence-electron chi connectivity index (χ0n) is 11.9. The van der Waals surface area contributed by atoms with Gasteiger partial charge in [-0.15, -0.1) is 0 Å². The van der Waals surface area contributed by atoms with Crippen LogP contribution in [0.2, 0.25) is 0 Å². The fourth-order valence-electron chi connectivity index (χ4n) is 2.27. The number of carbonyl (C=O) groups is 1. The predicted octanol–water partition coefficient (Wildman–Crippen LogP) is 3.40. The fraction of sp³-hybridized carbons (Fsp3) is 0.188. The number of para-hydroxylation sites is 1. The second-order valence-corrected chi connectivity index (χ2v) is 4.92. The van der Waals surface area contributed by atoms with Crippen LogP contribution in [0, 0.1) is 17.5 Å². The summed E-state index contributed by atoms with van der Waals surface area (Å²) in [5.74, 6) is -3.68. The first-order valence-electron chi connectivity index (χ1n) is 6.87. The highest BCUT2D eigenvalue weighted by atomic mass is 19.2. The van der Waals surface area contributed by atoms with E-state index in [9.17, 15) is 18.0 Å². The Morgan fingerprint density at radius 1 is 1.09 bits per heavy atom. The Morgan fingerprint density at radius 3 is 2.74 bits per heavy atom. The van der Waals surface area contributed by atoms with Crippen molar-refractivity contribution in [2.75, 3.05) is 12.1 Å². The molecule has 23 heavy (non-hydrogen) atoms. The van der Waals surface area contributed by atoms with Gasteiger partial charge in [-0.3, -0.25) is 4.79 Å². The van der Waals surface area contributed by atoms with E-state index >= 15 is 0 Å². The lowest BCUT2D eigenvalue weighted by Gasteiger charge is -2.08. The molecule has 2 aromatic carbocycles. The summed E-state index contributed by atoms with van der Waals surface area (Å²) in [6.45, 7) is 0.124. The molecule has 0 saturated carbocycles. The largest absolute Gasteiger partial charge is 0.454 e. The van der Waals surface area contributed by atoms with Crippen LogP contribution in [0.15, 0.2) is 30.3 Å². The van der Waals surface area contributed by atoms with Crippen molar-refractivity contribution in [2.45, 2.75) is 12.8 Å². The van der Waals surface area contributed by atoms with E-state index in [1.807, 2.05) is 0 Å². The maximum absolute atomic E-state index is 13.5. The van der Waals surface area contributed by atoms with Gasteiger partial charge >= 0.3 is 0 Å². The third-order valence-corrected chi connectivity index (χ3v) is 3.41. The van der Waals surface area contributed by atoms with Crippen molar-refractivity contribution >= 4 is 11.6 Å². The Morgan fingerprint density at radius 2 is 1.91 bits per heavy atom. The summed E-state index contributed by atoms with van der Waals surface area (Å²) in [6, 6.07) is 7.05. The lowest BCUT2D eigenvalue weighted by molar-refractivity contribution is -0.116. The molecule has 0 atom stereocenters. The van der Waals surface area contributed by atoms with E-state index in [-0.39, 0.29) is 13.2 Å². The number of rotatable bonds is 4. The number of carbonyl (C=O) groups excluding carboxylic acids is 1. The summed E-state index contributed by atoms with van der Waals surface area (Å²) in [5, 5.41) is 2.22. The molecule has 1 aliphatic heterocycles. The smallest absolute Gasteiger partial charge is 0.231 e. The highest BCUT2D eigenvalue weighted by Crippen LogP contribution is 2.35. The molecule has 7 heteroatoms. The minimum atomic E-state index is -1.62. The normalized spacial score (nSPS) is 12.3. The number of aryl methyl sites for hydroxylation is 1. The van der Waals surface area contributed by atoms with Crippen molar-refractivity contribution in [3.05, 3.63) is 53.3 Å². The molecule has 0 aliphatic carbocycles. The first kappa shape index (κ1) is 15.2. The molecule has 0 aromatic heterocycles. The summed E-state index contributed by atoms with van der Waals surface area (Å²) in [6.07, 6.45) is 0.363. The average Bonchev–Trinajstić information content (AvgIpc) is 3.02. The van der Waals surface area contributed by atoms with Gasteiger partial charge in [-0.1, -0.05) is 12.1 Å². The summed E-state index contributed by atoms with van der Waals surface area (Å²) >= 11 is 0. The zero-order valence-corrected chi connectivity index (χ0v) is 11.9. The van der Waals surface area contributed by atoms with Crippen LogP contribution >= 0.6 is 0 Å². The lowest BCUT2D eigenvalue weighted by Crippen LogP contribution is -2.14. The van der Waals surface area contributed by atoms with Crippen molar-refractivity contribution in [3.63, 3.8) is 0 Å². The van der Waals surface area contributed by atoms with E-state index in [0.29, 0.717) is 17.9 Å². The van der Waals surface area contributed by atoms with Gasteiger partial charge < -0.3 is 14.8 Å². The molecule has 1 aliphatic rings. The summed E-state index contributed by atoms with van der Waals surface area (Å²) in [5.41, 5.74) is 0.382. The number of benzene rings is 2. The molecule has 0 radical (unpaired) electrons. The number of halogens is 3. The molecule has 0 saturated heterocycles. The molecule has 1 amide bonds. The molecular formula is C16H12F3NO3. The van der Waals surface area contributed by atoms with Crippen molar-refractivity contribution in [1.29, 1.82) is 0 Å². The molecule has 0 bridgehead atoms. The van der Waals surface area contributed by atoms with Gasteiger partial charge in [0, 0.05) is 6.42 Å². The molecule has 0 fully saturated rings. The van der Waals surface area contributed by atoms with Gasteiger partial charge in [0.15, 0.2) is 29.0 Å². The van der Waals surface area contributed by atoms with Gasteiger partial charge in [0.25, 0.3) is 0 Å². The Hall–Kier alpha value is -2.70. The van der Waals surface area contributed by atoms with Crippen LogP contribution < -0.4 is 14.8 Å². The van der Waals surface area contributed by atoms with Crippen LogP contribution in [0.5, 0.6) is 11.5 Å². The van der Waals surface area contributed by atoms with Crippen LogP contribution in [0.1, 0.15) is 12.0 Å². The highest BCUT2D eigenvalue weighted by molar-refractivity contribution is 5.91. The van der Waals surface area contributed by atoms with Crippen LogP contribution in [-0.4, -0.2) is 12.7 Å².